The van der Waals surface area contributed by atoms with Gasteiger partial charge >= 0.3 is 6.09 Å². The first-order chi connectivity index (χ1) is 7.41. The molecule has 0 aliphatic heterocycles. The Labute approximate surface area is 99.6 Å². The average molecular weight is 289 g/mol. The van der Waals surface area contributed by atoms with E-state index < -0.39 is 11.0 Å². The van der Waals surface area contributed by atoms with Gasteiger partial charge in [0.2, 0.25) is 0 Å². The summed E-state index contributed by atoms with van der Waals surface area (Å²) in [5, 5.41) is 21.2. The van der Waals surface area contributed by atoms with Crippen molar-refractivity contribution in [3.63, 3.8) is 0 Å². The van der Waals surface area contributed by atoms with Crippen molar-refractivity contribution in [1.82, 2.24) is 5.32 Å². The SMILES string of the molecule is Cc1cc([N+](=O)[O-])cc(CNC(=O)O)c1Br. The van der Waals surface area contributed by atoms with E-state index in [1.807, 2.05) is 0 Å². The molecule has 2 N–H and O–H groups in total. The van der Waals surface area contributed by atoms with Crippen LogP contribution in [0, 0.1) is 17.0 Å². The third-order valence-corrected chi connectivity index (χ3v) is 3.09. The third-order valence-electron chi connectivity index (χ3n) is 1.96. The molecule has 0 radical (unpaired) electrons. The topological polar surface area (TPSA) is 92.5 Å². The van der Waals surface area contributed by atoms with Gasteiger partial charge in [0.05, 0.1) is 4.92 Å². The molecule has 0 heterocycles. The van der Waals surface area contributed by atoms with Crippen LogP contribution in [0.1, 0.15) is 11.1 Å². The monoisotopic (exact) mass is 288 g/mol. The number of rotatable bonds is 3. The quantitative estimate of drug-likeness (QED) is 0.660. The summed E-state index contributed by atoms with van der Waals surface area (Å²) in [6.45, 7) is 1.74. The Balaban J connectivity index is 3.06. The van der Waals surface area contributed by atoms with Crippen LogP contribution < -0.4 is 5.32 Å². The molecule has 0 aliphatic carbocycles. The summed E-state index contributed by atoms with van der Waals surface area (Å²) in [7, 11) is 0. The fraction of sp³-hybridized carbons (Fsp3) is 0.222. The Kier molecular flexibility index (Phi) is 3.83. The zero-order valence-electron chi connectivity index (χ0n) is 8.36. The largest absolute Gasteiger partial charge is 0.465 e. The van der Waals surface area contributed by atoms with E-state index in [-0.39, 0.29) is 12.2 Å². The molecule has 0 saturated heterocycles. The number of aryl methyl sites for hydroxylation is 1. The molecule has 1 rings (SSSR count). The van der Waals surface area contributed by atoms with Gasteiger partial charge in [-0.15, -0.1) is 0 Å². The van der Waals surface area contributed by atoms with Gasteiger partial charge in [0.15, 0.2) is 0 Å². The molecule has 1 aromatic carbocycles. The molecule has 0 aromatic heterocycles. The van der Waals surface area contributed by atoms with E-state index in [4.69, 9.17) is 5.11 Å². The highest BCUT2D eigenvalue weighted by atomic mass is 79.9. The Hall–Kier alpha value is -1.63. The standard InChI is InChI=1S/C9H9BrN2O4/c1-5-2-7(12(15)16)3-6(8(5)10)4-11-9(13)14/h2-3,11H,4H2,1H3,(H,13,14). The lowest BCUT2D eigenvalue weighted by Crippen LogP contribution is -2.20. The number of carbonyl (C=O) groups is 1. The first-order valence-electron chi connectivity index (χ1n) is 4.32. The summed E-state index contributed by atoms with van der Waals surface area (Å²) < 4.78 is 0.673. The maximum Gasteiger partial charge on any atom is 0.404 e. The summed E-state index contributed by atoms with van der Waals surface area (Å²) in [5.74, 6) is 0. The van der Waals surface area contributed by atoms with Gasteiger partial charge in [-0.3, -0.25) is 10.1 Å². The van der Waals surface area contributed by atoms with Crippen molar-refractivity contribution in [2.75, 3.05) is 0 Å². The van der Waals surface area contributed by atoms with Crippen molar-refractivity contribution < 1.29 is 14.8 Å². The fourth-order valence-corrected chi connectivity index (χ4v) is 1.60. The number of non-ortho nitro benzene ring substituents is 1. The third kappa shape index (κ3) is 2.93. The molecule has 6 nitrogen and oxygen atoms in total. The van der Waals surface area contributed by atoms with E-state index in [1.54, 1.807) is 6.92 Å². The molecule has 0 spiro atoms. The molecule has 1 amide bonds. The Bertz CT molecular complexity index is 447. The number of hydrogen-bond donors (Lipinski definition) is 2. The number of amides is 1. The lowest BCUT2D eigenvalue weighted by atomic mass is 10.1. The van der Waals surface area contributed by atoms with Crippen LogP contribution >= 0.6 is 15.9 Å². The summed E-state index contributed by atoms with van der Waals surface area (Å²) in [4.78, 5) is 20.4. The molecular weight excluding hydrogens is 280 g/mol. The van der Waals surface area contributed by atoms with Crippen LogP contribution in [0.2, 0.25) is 0 Å². The Morgan fingerprint density at radius 2 is 2.25 bits per heavy atom. The number of hydrogen-bond acceptors (Lipinski definition) is 3. The molecule has 0 bridgehead atoms. The van der Waals surface area contributed by atoms with E-state index in [0.29, 0.717) is 15.6 Å². The molecule has 0 unspecified atom stereocenters. The molecule has 1 aromatic rings. The van der Waals surface area contributed by atoms with Crippen LogP contribution in [0.25, 0.3) is 0 Å². The smallest absolute Gasteiger partial charge is 0.404 e. The molecule has 7 heteroatoms. The molecule has 0 fully saturated rings. The number of carboxylic acid groups (broad SMARTS) is 1. The summed E-state index contributed by atoms with van der Waals surface area (Å²) in [6.07, 6.45) is -1.17. The van der Waals surface area contributed by atoms with E-state index in [1.165, 1.54) is 12.1 Å². The summed E-state index contributed by atoms with van der Waals surface area (Å²) in [6, 6.07) is 2.77. The molecule has 0 aliphatic rings. The number of nitrogens with one attached hydrogen (secondary N) is 1. The number of halogens is 1. The van der Waals surface area contributed by atoms with E-state index in [2.05, 4.69) is 21.2 Å². The highest BCUT2D eigenvalue weighted by molar-refractivity contribution is 9.10. The van der Waals surface area contributed by atoms with Crippen molar-refractivity contribution in [3.05, 3.63) is 37.8 Å². The van der Waals surface area contributed by atoms with Crippen LogP contribution in [0.5, 0.6) is 0 Å². The second kappa shape index (κ2) is 4.93. The van der Waals surface area contributed by atoms with Crippen LogP contribution in [0.15, 0.2) is 16.6 Å². The van der Waals surface area contributed by atoms with E-state index in [9.17, 15) is 14.9 Å². The summed E-state index contributed by atoms with van der Waals surface area (Å²) >= 11 is 3.26. The minimum Gasteiger partial charge on any atom is -0.465 e. The van der Waals surface area contributed by atoms with Crippen molar-refractivity contribution in [1.29, 1.82) is 0 Å². The lowest BCUT2D eigenvalue weighted by Gasteiger charge is -2.07. The van der Waals surface area contributed by atoms with E-state index in [0.717, 1.165) is 0 Å². The van der Waals surface area contributed by atoms with Gasteiger partial charge in [-0.05, 0) is 18.1 Å². The van der Waals surface area contributed by atoms with Crippen LogP contribution in [-0.4, -0.2) is 16.1 Å². The van der Waals surface area contributed by atoms with Gasteiger partial charge < -0.3 is 10.4 Å². The van der Waals surface area contributed by atoms with Gasteiger partial charge in [-0.1, -0.05) is 15.9 Å². The molecule has 16 heavy (non-hydrogen) atoms. The number of nitro groups is 1. The van der Waals surface area contributed by atoms with Gasteiger partial charge in [0.1, 0.15) is 0 Å². The predicted octanol–water partition coefficient (Wildman–Crippen LogP) is 2.43. The minimum atomic E-state index is -1.17. The average Bonchev–Trinajstić information content (AvgIpc) is 2.19. The first kappa shape index (κ1) is 12.4. The van der Waals surface area contributed by atoms with Gasteiger partial charge in [-0.25, -0.2) is 4.79 Å². The number of nitrogens with zero attached hydrogens (tertiary/aromatic N) is 1. The van der Waals surface area contributed by atoms with E-state index >= 15 is 0 Å². The predicted molar refractivity (Wildman–Crippen MR) is 60.4 cm³/mol. The molecular formula is C9H9BrN2O4. The maximum atomic E-state index is 10.6. The Morgan fingerprint density at radius 1 is 1.62 bits per heavy atom. The zero-order chi connectivity index (χ0) is 12.3. The van der Waals surface area contributed by atoms with Gasteiger partial charge in [0, 0.05) is 23.2 Å². The Morgan fingerprint density at radius 3 is 2.75 bits per heavy atom. The molecule has 86 valence electrons. The van der Waals surface area contributed by atoms with Crippen molar-refractivity contribution >= 4 is 27.7 Å². The van der Waals surface area contributed by atoms with Crippen LogP contribution in [0.3, 0.4) is 0 Å². The van der Waals surface area contributed by atoms with Crippen molar-refractivity contribution in [3.8, 4) is 0 Å². The fourth-order valence-electron chi connectivity index (χ4n) is 1.23. The molecule has 0 atom stereocenters. The van der Waals surface area contributed by atoms with Crippen LogP contribution in [0.4, 0.5) is 10.5 Å². The highest BCUT2D eigenvalue weighted by Crippen LogP contribution is 2.26. The van der Waals surface area contributed by atoms with Crippen molar-refractivity contribution in [2.24, 2.45) is 0 Å². The second-order valence-corrected chi connectivity index (χ2v) is 3.94. The maximum absolute atomic E-state index is 10.6. The van der Waals surface area contributed by atoms with Gasteiger partial charge in [-0.2, -0.15) is 0 Å². The normalized spacial score (nSPS) is 9.88. The lowest BCUT2D eigenvalue weighted by molar-refractivity contribution is -0.385. The first-order valence-corrected chi connectivity index (χ1v) is 5.11. The second-order valence-electron chi connectivity index (χ2n) is 3.15. The minimum absolute atomic E-state index is 0.0262. The van der Waals surface area contributed by atoms with Crippen molar-refractivity contribution in [2.45, 2.75) is 13.5 Å². The number of nitro benzene ring substituents is 1. The zero-order valence-corrected chi connectivity index (χ0v) is 9.94. The number of benzene rings is 1. The van der Waals surface area contributed by atoms with Crippen LogP contribution in [-0.2, 0) is 6.54 Å². The highest BCUT2D eigenvalue weighted by Gasteiger charge is 2.13. The molecule has 0 saturated carbocycles. The summed E-state index contributed by atoms with van der Waals surface area (Å²) in [5.41, 5.74) is 1.17. The van der Waals surface area contributed by atoms with Gasteiger partial charge in [0.25, 0.3) is 5.69 Å².